The molecule has 6 nitrogen and oxygen atoms in total. The van der Waals surface area contributed by atoms with Gasteiger partial charge in [0.15, 0.2) is 6.61 Å². The molecule has 0 saturated carbocycles. The average Bonchev–Trinajstić information content (AvgIpc) is 2.59. The minimum Gasteiger partial charge on any atom is -0.484 e. The van der Waals surface area contributed by atoms with Gasteiger partial charge in [-0.2, -0.15) is 5.26 Å². The first-order valence-corrected chi connectivity index (χ1v) is 7.07. The Hall–Kier alpha value is -3.59. The molecule has 2 aromatic carbocycles. The summed E-state index contributed by atoms with van der Waals surface area (Å²) in [5, 5.41) is 11.5. The van der Waals surface area contributed by atoms with Crippen molar-refractivity contribution in [1.82, 2.24) is 0 Å². The Morgan fingerprint density at radius 3 is 2.62 bits per heavy atom. The molecule has 3 N–H and O–H groups in total. The molecule has 0 bridgehead atoms. The average molecular weight is 321 g/mol. The fourth-order valence-corrected chi connectivity index (χ4v) is 1.85. The molecule has 120 valence electrons. The van der Waals surface area contributed by atoms with E-state index in [0.717, 1.165) is 5.56 Å². The van der Waals surface area contributed by atoms with Crippen molar-refractivity contribution in [3.05, 3.63) is 65.7 Å². The summed E-state index contributed by atoms with van der Waals surface area (Å²) in [4.78, 5) is 22.5. The van der Waals surface area contributed by atoms with Gasteiger partial charge in [0.1, 0.15) is 5.75 Å². The van der Waals surface area contributed by atoms with Crippen molar-refractivity contribution < 1.29 is 14.3 Å². The summed E-state index contributed by atoms with van der Waals surface area (Å²) in [6.45, 7) is -0.181. The topological polar surface area (TPSA) is 105 Å². The van der Waals surface area contributed by atoms with Gasteiger partial charge in [0, 0.05) is 11.8 Å². The summed E-state index contributed by atoms with van der Waals surface area (Å²) < 4.78 is 5.14. The third-order valence-electron chi connectivity index (χ3n) is 2.95. The van der Waals surface area contributed by atoms with Crippen LogP contribution in [0.25, 0.3) is 6.08 Å². The molecular weight excluding hydrogens is 306 g/mol. The third-order valence-corrected chi connectivity index (χ3v) is 2.95. The van der Waals surface area contributed by atoms with E-state index in [-0.39, 0.29) is 12.5 Å². The standard InChI is InChI=1S/C18H15N3O3/c19-11-14-2-1-3-15(10-14)21-18(23)9-6-13-4-7-16(8-5-13)24-12-17(20)22/h1-10H,12H2,(H2,20,22)(H,21,23). The summed E-state index contributed by atoms with van der Waals surface area (Å²) in [7, 11) is 0. The number of primary amides is 1. The highest BCUT2D eigenvalue weighted by Crippen LogP contribution is 2.13. The number of amides is 2. The molecule has 0 aliphatic carbocycles. The summed E-state index contributed by atoms with van der Waals surface area (Å²) >= 11 is 0. The number of rotatable bonds is 6. The zero-order valence-electron chi connectivity index (χ0n) is 12.7. The number of nitriles is 1. The van der Waals surface area contributed by atoms with Crippen molar-refractivity contribution in [2.75, 3.05) is 11.9 Å². The molecule has 0 aromatic heterocycles. The molecule has 0 heterocycles. The molecule has 0 aliphatic rings. The van der Waals surface area contributed by atoms with Crippen molar-refractivity contribution in [3.8, 4) is 11.8 Å². The van der Waals surface area contributed by atoms with Crippen molar-refractivity contribution in [3.63, 3.8) is 0 Å². The molecule has 2 amide bonds. The van der Waals surface area contributed by atoms with Crippen molar-refractivity contribution in [2.45, 2.75) is 0 Å². The smallest absolute Gasteiger partial charge is 0.255 e. The Bertz CT molecular complexity index is 805. The van der Waals surface area contributed by atoms with E-state index in [1.165, 1.54) is 6.08 Å². The molecule has 0 atom stereocenters. The van der Waals surface area contributed by atoms with E-state index in [9.17, 15) is 9.59 Å². The largest absolute Gasteiger partial charge is 0.484 e. The second-order valence-corrected chi connectivity index (χ2v) is 4.84. The van der Waals surface area contributed by atoms with Gasteiger partial charge in [-0.3, -0.25) is 9.59 Å². The van der Waals surface area contributed by atoms with Gasteiger partial charge in [0.25, 0.3) is 5.91 Å². The molecule has 0 spiro atoms. The Balaban J connectivity index is 1.93. The van der Waals surface area contributed by atoms with Gasteiger partial charge in [0.2, 0.25) is 5.91 Å². The Morgan fingerprint density at radius 1 is 1.21 bits per heavy atom. The third kappa shape index (κ3) is 5.31. The minimum absolute atomic E-state index is 0.181. The second kappa shape index (κ2) is 8.15. The molecular formula is C18H15N3O3. The maximum absolute atomic E-state index is 11.9. The molecule has 0 radical (unpaired) electrons. The van der Waals surface area contributed by atoms with Gasteiger partial charge >= 0.3 is 0 Å². The van der Waals surface area contributed by atoms with Crippen LogP contribution in [0, 0.1) is 11.3 Å². The molecule has 2 rings (SSSR count). The lowest BCUT2D eigenvalue weighted by molar-refractivity contribution is -0.120. The van der Waals surface area contributed by atoms with Crippen LogP contribution in [-0.2, 0) is 9.59 Å². The highest BCUT2D eigenvalue weighted by Gasteiger charge is 2.00. The van der Waals surface area contributed by atoms with Crippen LogP contribution in [0.1, 0.15) is 11.1 Å². The second-order valence-electron chi connectivity index (χ2n) is 4.84. The van der Waals surface area contributed by atoms with Gasteiger partial charge in [-0.15, -0.1) is 0 Å². The van der Waals surface area contributed by atoms with Crippen LogP contribution in [0.2, 0.25) is 0 Å². The summed E-state index contributed by atoms with van der Waals surface area (Å²) in [5.41, 5.74) is 6.82. The first-order chi connectivity index (χ1) is 11.6. The van der Waals surface area contributed by atoms with Crippen LogP contribution in [-0.4, -0.2) is 18.4 Å². The number of carbonyl (C=O) groups excluding carboxylic acids is 2. The summed E-state index contributed by atoms with van der Waals surface area (Å²) in [6.07, 6.45) is 3.03. The monoisotopic (exact) mass is 321 g/mol. The maximum atomic E-state index is 11.9. The van der Waals surface area contributed by atoms with Crippen LogP contribution in [0.4, 0.5) is 5.69 Å². The SMILES string of the molecule is N#Cc1cccc(NC(=O)C=Cc2ccc(OCC(N)=O)cc2)c1. The van der Waals surface area contributed by atoms with Crippen LogP contribution in [0.3, 0.4) is 0 Å². The fourth-order valence-electron chi connectivity index (χ4n) is 1.85. The number of hydrogen-bond acceptors (Lipinski definition) is 4. The van der Waals surface area contributed by atoms with Crippen molar-refractivity contribution in [1.29, 1.82) is 5.26 Å². The summed E-state index contributed by atoms with van der Waals surface area (Å²) in [6, 6.07) is 15.5. The zero-order valence-corrected chi connectivity index (χ0v) is 12.7. The van der Waals surface area contributed by atoms with E-state index in [2.05, 4.69) is 5.32 Å². The van der Waals surface area contributed by atoms with E-state index in [0.29, 0.717) is 17.0 Å². The lowest BCUT2D eigenvalue weighted by atomic mass is 10.2. The quantitative estimate of drug-likeness (QED) is 0.794. The fraction of sp³-hybridized carbons (Fsp3) is 0.0556. The van der Waals surface area contributed by atoms with Crippen molar-refractivity contribution >= 4 is 23.6 Å². The zero-order chi connectivity index (χ0) is 17.4. The van der Waals surface area contributed by atoms with Crippen LogP contribution >= 0.6 is 0 Å². The highest BCUT2D eigenvalue weighted by atomic mass is 16.5. The lowest BCUT2D eigenvalue weighted by Gasteiger charge is -2.04. The number of hydrogen-bond donors (Lipinski definition) is 2. The molecule has 2 aromatic rings. The van der Waals surface area contributed by atoms with Gasteiger partial charge in [-0.25, -0.2) is 0 Å². The Labute approximate surface area is 139 Å². The number of ether oxygens (including phenoxy) is 1. The molecule has 24 heavy (non-hydrogen) atoms. The molecule has 0 aliphatic heterocycles. The van der Waals surface area contributed by atoms with Gasteiger partial charge in [0.05, 0.1) is 11.6 Å². The van der Waals surface area contributed by atoms with Crippen LogP contribution < -0.4 is 15.8 Å². The van der Waals surface area contributed by atoms with Gasteiger partial charge in [-0.05, 0) is 42.0 Å². The first kappa shape index (κ1) is 16.8. The Kier molecular flexibility index (Phi) is 5.70. The predicted molar refractivity (Wildman–Crippen MR) is 90.0 cm³/mol. The minimum atomic E-state index is -0.545. The van der Waals surface area contributed by atoms with Crippen LogP contribution in [0.15, 0.2) is 54.6 Å². The van der Waals surface area contributed by atoms with Gasteiger partial charge in [-0.1, -0.05) is 18.2 Å². The van der Waals surface area contributed by atoms with Gasteiger partial charge < -0.3 is 15.8 Å². The maximum Gasteiger partial charge on any atom is 0.255 e. The number of benzene rings is 2. The predicted octanol–water partition coefficient (Wildman–Crippen LogP) is 2.07. The molecule has 0 fully saturated rings. The van der Waals surface area contributed by atoms with E-state index in [4.69, 9.17) is 15.7 Å². The van der Waals surface area contributed by atoms with Crippen molar-refractivity contribution in [2.24, 2.45) is 5.73 Å². The first-order valence-electron chi connectivity index (χ1n) is 7.07. The van der Waals surface area contributed by atoms with Crippen LogP contribution in [0.5, 0.6) is 5.75 Å². The van der Waals surface area contributed by atoms with E-state index in [1.807, 2.05) is 6.07 Å². The summed E-state index contributed by atoms with van der Waals surface area (Å²) in [5.74, 6) is -0.334. The number of anilines is 1. The molecule has 0 saturated heterocycles. The molecule has 0 unspecified atom stereocenters. The highest BCUT2D eigenvalue weighted by molar-refractivity contribution is 6.02. The Morgan fingerprint density at radius 2 is 1.96 bits per heavy atom. The van der Waals surface area contributed by atoms with E-state index >= 15 is 0 Å². The molecule has 6 heteroatoms. The normalized spacial score (nSPS) is 10.1. The number of nitrogens with two attached hydrogens (primary N) is 1. The number of carbonyl (C=O) groups is 2. The van der Waals surface area contributed by atoms with E-state index < -0.39 is 5.91 Å². The number of nitrogens with zero attached hydrogens (tertiary/aromatic N) is 1. The lowest BCUT2D eigenvalue weighted by Crippen LogP contribution is -2.19. The number of nitrogens with one attached hydrogen (secondary N) is 1. The van der Waals surface area contributed by atoms with E-state index in [1.54, 1.807) is 54.6 Å².